The summed E-state index contributed by atoms with van der Waals surface area (Å²) in [6.07, 6.45) is 1.59. The highest BCUT2D eigenvalue weighted by molar-refractivity contribution is 5.80. The van der Waals surface area contributed by atoms with Crippen LogP contribution in [0.25, 0.3) is 0 Å². The van der Waals surface area contributed by atoms with E-state index in [2.05, 4.69) is 13.0 Å². The lowest BCUT2D eigenvalue weighted by atomic mass is 9.91. The molecule has 4 heteroatoms. The average molecular weight is 258 g/mol. The van der Waals surface area contributed by atoms with E-state index in [1.807, 2.05) is 24.0 Å². The number of benzene rings is 1. The number of piperidine rings is 1. The van der Waals surface area contributed by atoms with Crippen molar-refractivity contribution in [1.29, 1.82) is 5.26 Å². The fourth-order valence-electron chi connectivity index (χ4n) is 2.77. The van der Waals surface area contributed by atoms with Gasteiger partial charge in [0.1, 0.15) is 12.1 Å². The quantitative estimate of drug-likeness (QED) is 0.885. The van der Waals surface area contributed by atoms with E-state index in [-0.39, 0.29) is 0 Å². The van der Waals surface area contributed by atoms with Gasteiger partial charge >= 0.3 is 5.97 Å². The molecule has 0 radical (unpaired) electrons. The zero-order chi connectivity index (χ0) is 14.0. The molecule has 1 fully saturated rings. The van der Waals surface area contributed by atoms with Gasteiger partial charge in [-0.2, -0.15) is 5.26 Å². The molecule has 1 N–H and O–H groups in total. The Morgan fingerprint density at radius 3 is 2.89 bits per heavy atom. The maximum Gasteiger partial charge on any atom is 0.326 e. The maximum atomic E-state index is 11.5. The van der Waals surface area contributed by atoms with Gasteiger partial charge in [0.25, 0.3) is 0 Å². The molecule has 1 aliphatic rings. The predicted octanol–water partition coefficient (Wildman–Crippen LogP) is 2.56. The Kier molecular flexibility index (Phi) is 3.75. The Balaban J connectivity index is 2.45. The molecule has 1 aliphatic heterocycles. The van der Waals surface area contributed by atoms with Crippen LogP contribution in [0.1, 0.15) is 30.9 Å². The van der Waals surface area contributed by atoms with Crippen LogP contribution in [0.4, 0.5) is 5.69 Å². The molecule has 0 aliphatic carbocycles. The van der Waals surface area contributed by atoms with Crippen molar-refractivity contribution in [3.8, 4) is 6.07 Å². The molecule has 1 heterocycles. The number of carbonyl (C=O) groups is 1. The summed E-state index contributed by atoms with van der Waals surface area (Å²) >= 11 is 0. The summed E-state index contributed by atoms with van der Waals surface area (Å²) in [4.78, 5) is 13.4. The fourth-order valence-corrected chi connectivity index (χ4v) is 2.77. The molecule has 19 heavy (non-hydrogen) atoms. The third-order valence-electron chi connectivity index (χ3n) is 3.80. The first kappa shape index (κ1) is 13.4. The zero-order valence-corrected chi connectivity index (χ0v) is 11.3. The number of aliphatic carboxylic acids is 1. The first-order valence-electron chi connectivity index (χ1n) is 6.53. The van der Waals surface area contributed by atoms with Crippen molar-refractivity contribution < 1.29 is 9.90 Å². The van der Waals surface area contributed by atoms with Crippen molar-refractivity contribution in [1.82, 2.24) is 0 Å². The second-order valence-electron chi connectivity index (χ2n) is 5.26. The third kappa shape index (κ3) is 2.55. The summed E-state index contributed by atoms with van der Waals surface area (Å²) < 4.78 is 0. The zero-order valence-electron chi connectivity index (χ0n) is 11.3. The lowest BCUT2D eigenvalue weighted by molar-refractivity contribution is -0.139. The molecule has 0 aromatic heterocycles. The number of para-hydroxylation sites is 1. The lowest BCUT2D eigenvalue weighted by Gasteiger charge is -2.38. The predicted molar refractivity (Wildman–Crippen MR) is 73.1 cm³/mol. The molecule has 0 amide bonds. The van der Waals surface area contributed by atoms with E-state index in [0.29, 0.717) is 24.4 Å². The molecule has 2 atom stereocenters. The molecular formula is C15H18N2O2. The molecule has 100 valence electrons. The van der Waals surface area contributed by atoms with Crippen LogP contribution in [0.2, 0.25) is 0 Å². The van der Waals surface area contributed by atoms with Gasteiger partial charge in [0.2, 0.25) is 0 Å². The van der Waals surface area contributed by atoms with Gasteiger partial charge in [-0.25, -0.2) is 4.79 Å². The monoisotopic (exact) mass is 258 g/mol. The standard InChI is InChI=1S/C15H18N2O2/c1-10-6-7-17(13(8-10)15(18)19)14-11(2)4-3-5-12(14)9-16/h3-5,10,13H,6-8H2,1-2H3,(H,18,19). The Hall–Kier alpha value is -2.02. The topological polar surface area (TPSA) is 64.3 Å². The Morgan fingerprint density at radius 2 is 2.26 bits per heavy atom. The molecular weight excluding hydrogens is 240 g/mol. The van der Waals surface area contributed by atoms with Crippen LogP contribution in [-0.2, 0) is 4.79 Å². The second-order valence-corrected chi connectivity index (χ2v) is 5.26. The number of carboxylic acids is 1. The molecule has 0 spiro atoms. The fraction of sp³-hybridized carbons (Fsp3) is 0.467. The summed E-state index contributed by atoms with van der Waals surface area (Å²) in [5.74, 6) is -0.398. The van der Waals surface area contributed by atoms with Gasteiger partial charge in [0.05, 0.1) is 11.3 Å². The van der Waals surface area contributed by atoms with E-state index in [1.54, 1.807) is 6.07 Å². The number of aryl methyl sites for hydroxylation is 1. The SMILES string of the molecule is Cc1cccc(C#N)c1N1CCC(C)CC1C(=O)O. The first-order valence-corrected chi connectivity index (χ1v) is 6.53. The van der Waals surface area contributed by atoms with E-state index in [1.165, 1.54) is 0 Å². The Morgan fingerprint density at radius 1 is 1.53 bits per heavy atom. The number of hydrogen-bond acceptors (Lipinski definition) is 3. The molecule has 1 saturated heterocycles. The van der Waals surface area contributed by atoms with Crippen LogP contribution in [-0.4, -0.2) is 23.7 Å². The minimum atomic E-state index is -0.807. The van der Waals surface area contributed by atoms with Crippen molar-refractivity contribution in [2.75, 3.05) is 11.4 Å². The van der Waals surface area contributed by atoms with Crippen LogP contribution in [0.5, 0.6) is 0 Å². The minimum absolute atomic E-state index is 0.409. The molecule has 0 bridgehead atoms. The summed E-state index contributed by atoms with van der Waals surface area (Å²) in [6, 6.07) is 7.15. The van der Waals surface area contributed by atoms with Gasteiger partial charge in [-0.15, -0.1) is 0 Å². The smallest absolute Gasteiger partial charge is 0.326 e. The number of nitriles is 1. The van der Waals surface area contributed by atoms with Gasteiger partial charge in [-0.05, 0) is 37.3 Å². The van der Waals surface area contributed by atoms with Crippen LogP contribution >= 0.6 is 0 Å². The highest BCUT2D eigenvalue weighted by Crippen LogP contribution is 2.32. The van der Waals surface area contributed by atoms with Crippen LogP contribution in [0, 0.1) is 24.2 Å². The maximum absolute atomic E-state index is 11.5. The van der Waals surface area contributed by atoms with E-state index >= 15 is 0 Å². The molecule has 4 nitrogen and oxygen atoms in total. The van der Waals surface area contributed by atoms with E-state index < -0.39 is 12.0 Å². The molecule has 0 saturated carbocycles. The summed E-state index contributed by atoms with van der Waals surface area (Å²) in [5, 5.41) is 18.6. The number of carboxylic acid groups (broad SMARTS) is 1. The van der Waals surface area contributed by atoms with E-state index in [4.69, 9.17) is 0 Å². The van der Waals surface area contributed by atoms with Gasteiger partial charge in [-0.3, -0.25) is 0 Å². The van der Waals surface area contributed by atoms with Crippen LogP contribution in [0.3, 0.4) is 0 Å². The first-order chi connectivity index (χ1) is 9.04. The minimum Gasteiger partial charge on any atom is -0.480 e. The lowest BCUT2D eigenvalue weighted by Crippen LogP contribution is -2.47. The number of anilines is 1. The van der Waals surface area contributed by atoms with Crippen LogP contribution < -0.4 is 4.90 Å². The van der Waals surface area contributed by atoms with Crippen molar-refractivity contribution in [2.24, 2.45) is 5.92 Å². The molecule has 2 unspecified atom stereocenters. The Labute approximate surface area is 113 Å². The van der Waals surface area contributed by atoms with Crippen LogP contribution in [0.15, 0.2) is 18.2 Å². The van der Waals surface area contributed by atoms with E-state index in [0.717, 1.165) is 17.7 Å². The average Bonchev–Trinajstić information content (AvgIpc) is 2.38. The summed E-state index contributed by atoms with van der Waals surface area (Å²) in [6.45, 7) is 4.70. The Bertz CT molecular complexity index is 533. The second kappa shape index (κ2) is 5.31. The normalized spacial score (nSPS) is 22.9. The summed E-state index contributed by atoms with van der Waals surface area (Å²) in [5.41, 5.74) is 2.30. The largest absolute Gasteiger partial charge is 0.480 e. The van der Waals surface area contributed by atoms with Crippen molar-refractivity contribution in [3.63, 3.8) is 0 Å². The van der Waals surface area contributed by atoms with Gasteiger partial charge < -0.3 is 10.0 Å². The van der Waals surface area contributed by atoms with E-state index in [9.17, 15) is 15.2 Å². The van der Waals surface area contributed by atoms with Gasteiger partial charge in [0.15, 0.2) is 0 Å². The van der Waals surface area contributed by atoms with Crippen molar-refractivity contribution in [3.05, 3.63) is 29.3 Å². The number of nitrogens with zero attached hydrogens (tertiary/aromatic N) is 2. The van der Waals surface area contributed by atoms with Gasteiger partial charge in [0, 0.05) is 6.54 Å². The number of rotatable bonds is 2. The molecule has 1 aromatic rings. The van der Waals surface area contributed by atoms with Crippen molar-refractivity contribution >= 4 is 11.7 Å². The summed E-state index contributed by atoms with van der Waals surface area (Å²) in [7, 11) is 0. The molecule has 1 aromatic carbocycles. The van der Waals surface area contributed by atoms with Gasteiger partial charge in [-0.1, -0.05) is 19.1 Å². The highest BCUT2D eigenvalue weighted by atomic mass is 16.4. The van der Waals surface area contributed by atoms with Crippen molar-refractivity contribution in [2.45, 2.75) is 32.7 Å². The molecule has 2 rings (SSSR count). The number of hydrogen-bond donors (Lipinski definition) is 1. The third-order valence-corrected chi connectivity index (χ3v) is 3.80. The highest BCUT2D eigenvalue weighted by Gasteiger charge is 2.33.